The molecule has 0 aromatic carbocycles. The predicted molar refractivity (Wildman–Crippen MR) is 78.1 cm³/mol. The van der Waals surface area contributed by atoms with Crippen LogP contribution in [0, 0.1) is 17.2 Å². The second-order valence-corrected chi connectivity index (χ2v) is 5.61. The second-order valence-electron chi connectivity index (χ2n) is 5.61. The molecule has 0 radical (unpaired) electrons. The monoisotopic (exact) mass is 281 g/mol. The normalized spacial score (nSPS) is 19.8. The van der Waals surface area contributed by atoms with Gasteiger partial charge in [-0.05, 0) is 39.7 Å². The van der Waals surface area contributed by atoms with Crippen LogP contribution in [-0.4, -0.2) is 49.7 Å². The number of ether oxygens (including phenoxy) is 1. The smallest absolute Gasteiger partial charge is 0.224 e. The Balaban J connectivity index is 2.17. The molecule has 1 aliphatic heterocycles. The Morgan fingerprint density at radius 1 is 1.55 bits per heavy atom. The van der Waals surface area contributed by atoms with Crippen LogP contribution in [0.15, 0.2) is 0 Å². The molecule has 114 valence electrons. The highest BCUT2D eigenvalue weighted by atomic mass is 16.5. The first-order chi connectivity index (χ1) is 9.63. The lowest BCUT2D eigenvalue weighted by Crippen LogP contribution is -2.43. The first kappa shape index (κ1) is 16.9. The fourth-order valence-electron chi connectivity index (χ4n) is 2.43. The molecule has 1 N–H and O–H groups in total. The summed E-state index contributed by atoms with van der Waals surface area (Å²) in [7, 11) is 0. The second kappa shape index (κ2) is 9.73. The lowest BCUT2D eigenvalue weighted by molar-refractivity contribution is -0.126. The van der Waals surface area contributed by atoms with E-state index in [4.69, 9.17) is 10.00 Å². The minimum atomic E-state index is 0.0773. The fraction of sp³-hybridized carbons (Fsp3) is 0.867. The minimum Gasteiger partial charge on any atom is -0.379 e. The highest BCUT2D eigenvalue weighted by molar-refractivity contribution is 5.78. The molecule has 0 spiro atoms. The molecule has 1 aliphatic rings. The lowest BCUT2D eigenvalue weighted by Gasteiger charge is -2.31. The largest absolute Gasteiger partial charge is 0.379 e. The van der Waals surface area contributed by atoms with E-state index in [0.29, 0.717) is 19.6 Å². The zero-order chi connectivity index (χ0) is 14.8. The number of carbonyl (C=O) groups is 1. The summed E-state index contributed by atoms with van der Waals surface area (Å²) < 4.78 is 5.44. The SMILES string of the molecule is CC(C)OCCCNC(=O)C1CCCN(CCC#N)C1. The summed E-state index contributed by atoms with van der Waals surface area (Å²) >= 11 is 0. The Hall–Kier alpha value is -1.12. The van der Waals surface area contributed by atoms with Crippen molar-refractivity contribution in [3.63, 3.8) is 0 Å². The number of nitriles is 1. The Morgan fingerprint density at radius 3 is 3.05 bits per heavy atom. The van der Waals surface area contributed by atoms with Gasteiger partial charge in [-0.25, -0.2) is 0 Å². The van der Waals surface area contributed by atoms with E-state index < -0.39 is 0 Å². The molecule has 0 bridgehead atoms. The van der Waals surface area contributed by atoms with Gasteiger partial charge in [-0.1, -0.05) is 0 Å². The summed E-state index contributed by atoms with van der Waals surface area (Å²) in [6.45, 7) is 7.97. The van der Waals surface area contributed by atoms with E-state index in [1.54, 1.807) is 0 Å². The Morgan fingerprint density at radius 2 is 2.35 bits per heavy atom. The maximum absolute atomic E-state index is 12.1. The van der Waals surface area contributed by atoms with Crippen molar-refractivity contribution in [3.8, 4) is 6.07 Å². The summed E-state index contributed by atoms with van der Waals surface area (Å²) in [6, 6.07) is 2.16. The molecule has 0 saturated carbocycles. The third-order valence-electron chi connectivity index (χ3n) is 3.49. The van der Waals surface area contributed by atoms with Crippen molar-refractivity contribution >= 4 is 5.91 Å². The van der Waals surface area contributed by atoms with E-state index in [0.717, 1.165) is 38.9 Å². The van der Waals surface area contributed by atoms with E-state index in [-0.39, 0.29) is 17.9 Å². The van der Waals surface area contributed by atoms with Crippen LogP contribution < -0.4 is 5.32 Å². The third-order valence-corrected chi connectivity index (χ3v) is 3.49. The molecule has 1 amide bonds. The maximum Gasteiger partial charge on any atom is 0.224 e. The lowest BCUT2D eigenvalue weighted by atomic mass is 9.97. The number of hydrogen-bond acceptors (Lipinski definition) is 4. The quantitative estimate of drug-likeness (QED) is 0.685. The number of hydrogen-bond donors (Lipinski definition) is 1. The first-order valence-electron chi connectivity index (χ1n) is 7.62. The van der Waals surface area contributed by atoms with Crippen LogP contribution in [0.3, 0.4) is 0 Å². The third kappa shape index (κ3) is 6.88. The number of rotatable bonds is 8. The van der Waals surface area contributed by atoms with Gasteiger partial charge in [0.15, 0.2) is 0 Å². The standard InChI is InChI=1S/C15H27N3O2/c1-13(2)20-11-5-8-17-15(19)14-6-3-9-18(12-14)10-4-7-16/h13-14H,3-6,8-12H2,1-2H3,(H,17,19). The number of nitrogens with zero attached hydrogens (tertiary/aromatic N) is 2. The Bertz CT molecular complexity index is 326. The number of likely N-dealkylation sites (tertiary alicyclic amines) is 1. The van der Waals surface area contributed by atoms with E-state index in [1.807, 2.05) is 13.8 Å². The van der Waals surface area contributed by atoms with Crippen molar-refractivity contribution in [1.82, 2.24) is 10.2 Å². The number of piperidine rings is 1. The topological polar surface area (TPSA) is 65.4 Å². The van der Waals surface area contributed by atoms with Gasteiger partial charge < -0.3 is 15.0 Å². The van der Waals surface area contributed by atoms with Crippen LogP contribution in [-0.2, 0) is 9.53 Å². The maximum atomic E-state index is 12.1. The van der Waals surface area contributed by atoms with E-state index in [2.05, 4.69) is 16.3 Å². The predicted octanol–water partition coefficient (Wildman–Crippen LogP) is 1.54. The molecule has 5 heteroatoms. The van der Waals surface area contributed by atoms with Gasteiger partial charge in [-0.15, -0.1) is 0 Å². The molecule has 20 heavy (non-hydrogen) atoms. The Labute approximate surface area is 122 Å². The van der Waals surface area contributed by atoms with Crippen molar-refractivity contribution < 1.29 is 9.53 Å². The van der Waals surface area contributed by atoms with Gasteiger partial charge >= 0.3 is 0 Å². The summed E-state index contributed by atoms with van der Waals surface area (Å²) in [5, 5.41) is 11.6. The van der Waals surface area contributed by atoms with Gasteiger partial charge in [0.05, 0.1) is 18.1 Å². The molecular weight excluding hydrogens is 254 g/mol. The summed E-state index contributed by atoms with van der Waals surface area (Å²) in [6.07, 6.45) is 3.64. The summed E-state index contributed by atoms with van der Waals surface area (Å²) in [5.74, 6) is 0.227. The number of amides is 1. The molecular formula is C15H27N3O2. The zero-order valence-electron chi connectivity index (χ0n) is 12.7. The highest BCUT2D eigenvalue weighted by Gasteiger charge is 2.25. The molecule has 0 aromatic heterocycles. The molecule has 1 saturated heterocycles. The van der Waals surface area contributed by atoms with Crippen molar-refractivity contribution in [2.24, 2.45) is 5.92 Å². The molecule has 1 heterocycles. The summed E-state index contributed by atoms with van der Waals surface area (Å²) in [5.41, 5.74) is 0. The molecule has 0 aromatic rings. The molecule has 1 unspecified atom stereocenters. The summed E-state index contributed by atoms with van der Waals surface area (Å²) in [4.78, 5) is 14.3. The van der Waals surface area contributed by atoms with E-state index in [9.17, 15) is 4.79 Å². The number of nitrogens with one attached hydrogen (secondary N) is 1. The van der Waals surface area contributed by atoms with Gasteiger partial charge in [0.2, 0.25) is 5.91 Å². The van der Waals surface area contributed by atoms with Crippen LogP contribution in [0.4, 0.5) is 0 Å². The average Bonchev–Trinajstić information content (AvgIpc) is 2.44. The van der Waals surface area contributed by atoms with Crippen LogP contribution in [0.25, 0.3) is 0 Å². The van der Waals surface area contributed by atoms with Crippen molar-refractivity contribution in [1.29, 1.82) is 5.26 Å². The average molecular weight is 281 g/mol. The molecule has 1 fully saturated rings. The van der Waals surface area contributed by atoms with Crippen molar-refractivity contribution in [3.05, 3.63) is 0 Å². The molecule has 5 nitrogen and oxygen atoms in total. The van der Waals surface area contributed by atoms with Gasteiger partial charge in [-0.3, -0.25) is 4.79 Å². The van der Waals surface area contributed by atoms with E-state index >= 15 is 0 Å². The van der Waals surface area contributed by atoms with E-state index in [1.165, 1.54) is 0 Å². The van der Waals surface area contributed by atoms with Crippen molar-refractivity contribution in [2.75, 3.05) is 32.8 Å². The molecule has 0 aliphatic carbocycles. The van der Waals surface area contributed by atoms with Crippen molar-refractivity contribution in [2.45, 2.75) is 45.6 Å². The number of carbonyl (C=O) groups excluding carboxylic acids is 1. The van der Waals surface area contributed by atoms with Gasteiger partial charge in [0.1, 0.15) is 0 Å². The van der Waals surface area contributed by atoms with Gasteiger partial charge in [0, 0.05) is 32.7 Å². The highest BCUT2D eigenvalue weighted by Crippen LogP contribution is 2.16. The zero-order valence-corrected chi connectivity index (χ0v) is 12.7. The first-order valence-corrected chi connectivity index (χ1v) is 7.62. The van der Waals surface area contributed by atoms with Crippen LogP contribution >= 0.6 is 0 Å². The fourth-order valence-corrected chi connectivity index (χ4v) is 2.43. The molecule has 1 atom stereocenters. The van der Waals surface area contributed by atoms with Crippen LogP contribution in [0.5, 0.6) is 0 Å². The minimum absolute atomic E-state index is 0.0773. The Kier molecular flexibility index (Phi) is 8.24. The van der Waals surface area contributed by atoms with Gasteiger partial charge in [0.25, 0.3) is 0 Å². The van der Waals surface area contributed by atoms with Crippen LogP contribution in [0.1, 0.15) is 39.5 Å². The molecule has 1 rings (SSSR count). The van der Waals surface area contributed by atoms with Gasteiger partial charge in [-0.2, -0.15) is 5.26 Å². The van der Waals surface area contributed by atoms with Crippen LogP contribution in [0.2, 0.25) is 0 Å².